The van der Waals surface area contributed by atoms with Crippen molar-refractivity contribution in [1.29, 1.82) is 0 Å². The minimum absolute atomic E-state index is 0.0252. The second-order valence-corrected chi connectivity index (χ2v) is 10.7. The number of piperidine rings is 2. The van der Waals surface area contributed by atoms with Gasteiger partial charge in [-0.3, -0.25) is 14.8 Å². The van der Waals surface area contributed by atoms with Gasteiger partial charge in [-0.2, -0.15) is 0 Å². The van der Waals surface area contributed by atoms with Gasteiger partial charge in [0.25, 0.3) is 5.91 Å². The zero-order valence-corrected chi connectivity index (χ0v) is 18.7. The fraction of sp³-hybridized carbons (Fsp3) is 0.714. The topological polar surface area (TPSA) is 116 Å². The van der Waals surface area contributed by atoms with Crippen LogP contribution >= 0.6 is 0 Å². The Morgan fingerprint density at radius 3 is 2.26 bits per heavy atom. The summed E-state index contributed by atoms with van der Waals surface area (Å²) in [5.74, 6) is -0.644. The van der Waals surface area contributed by atoms with E-state index in [9.17, 15) is 18.0 Å². The number of hydrogen-bond acceptors (Lipinski definition) is 6. The molecule has 0 bridgehead atoms. The summed E-state index contributed by atoms with van der Waals surface area (Å²) in [7, 11) is -3.94. The minimum atomic E-state index is -3.94. The first kappa shape index (κ1) is 23.9. The largest absolute Gasteiger partial charge is 0.381 e. The van der Waals surface area contributed by atoms with Gasteiger partial charge >= 0.3 is 0 Å². The molecule has 3 aliphatic heterocycles. The SMILES string of the molecule is O=C(/C=C/C=C/C1CCN(S(=O)(=O)C2(C(=O)NO)CCOCC2)CC1)N1CCCCC1. The van der Waals surface area contributed by atoms with Crippen molar-refractivity contribution < 1.29 is 28.0 Å². The summed E-state index contributed by atoms with van der Waals surface area (Å²) in [5, 5.41) is 9.13. The maximum atomic E-state index is 13.3. The van der Waals surface area contributed by atoms with Gasteiger partial charge in [0.2, 0.25) is 15.9 Å². The average Bonchev–Trinajstić information content (AvgIpc) is 2.82. The van der Waals surface area contributed by atoms with E-state index in [-0.39, 0.29) is 37.9 Å². The predicted molar refractivity (Wildman–Crippen MR) is 115 cm³/mol. The summed E-state index contributed by atoms with van der Waals surface area (Å²) in [5.41, 5.74) is 1.55. The molecule has 3 fully saturated rings. The van der Waals surface area contributed by atoms with Crippen molar-refractivity contribution in [1.82, 2.24) is 14.7 Å². The van der Waals surface area contributed by atoms with Gasteiger partial charge in [0.15, 0.2) is 4.75 Å². The monoisotopic (exact) mass is 455 g/mol. The molecular formula is C21H33N3O6S. The van der Waals surface area contributed by atoms with Crippen LogP contribution in [0.25, 0.3) is 0 Å². The summed E-state index contributed by atoms with van der Waals surface area (Å²) < 4.78 is 31.5. The van der Waals surface area contributed by atoms with E-state index < -0.39 is 20.7 Å². The van der Waals surface area contributed by atoms with Crippen LogP contribution in [0.2, 0.25) is 0 Å². The summed E-state index contributed by atoms with van der Waals surface area (Å²) in [6.45, 7) is 2.59. The molecule has 0 aromatic carbocycles. The lowest BCUT2D eigenvalue weighted by Gasteiger charge is -2.40. The highest BCUT2D eigenvalue weighted by atomic mass is 32.2. The lowest BCUT2D eigenvalue weighted by molar-refractivity contribution is -0.134. The normalized spacial score (nSPS) is 24.0. The number of ether oxygens (including phenoxy) is 1. The molecule has 0 spiro atoms. The second kappa shape index (κ2) is 10.7. The highest BCUT2D eigenvalue weighted by Gasteiger charge is 2.54. The number of sulfonamides is 1. The van der Waals surface area contributed by atoms with Crippen molar-refractivity contribution in [3.63, 3.8) is 0 Å². The molecule has 2 N–H and O–H groups in total. The number of nitrogens with one attached hydrogen (secondary N) is 1. The van der Waals surface area contributed by atoms with Crippen LogP contribution in [0.4, 0.5) is 0 Å². The molecule has 0 aromatic heterocycles. The quantitative estimate of drug-likeness (QED) is 0.269. The molecule has 174 valence electrons. The number of carbonyl (C=O) groups excluding carboxylic acids is 2. The Kier molecular flexibility index (Phi) is 8.26. The number of nitrogens with zero attached hydrogens (tertiary/aromatic N) is 2. The van der Waals surface area contributed by atoms with Crippen LogP contribution in [0, 0.1) is 5.92 Å². The van der Waals surface area contributed by atoms with Gasteiger partial charge in [0, 0.05) is 58.3 Å². The maximum Gasteiger partial charge on any atom is 0.266 e. The van der Waals surface area contributed by atoms with Crippen molar-refractivity contribution in [3.8, 4) is 0 Å². The predicted octanol–water partition coefficient (Wildman–Crippen LogP) is 1.21. The molecule has 0 aliphatic carbocycles. The van der Waals surface area contributed by atoms with E-state index in [1.807, 2.05) is 17.1 Å². The third-order valence-electron chi connectivity index (χ3n) is 6.55. The first-order valence-corrected chi connectivity index (χ1v) is 12.5. The highest BCUT2D eigenvalue weighted by Crippen LogP contribution is 2.35. The molecule has 3 heterocycles. The first-order valence-electron chi connectivity index (χ1n) is 11.1. The van der Waals surface area contributed by atoms with E-state index in [4.69, 9.17) is 9.94 Å². The van der Waals surface area contributed by atoms with Gasteiger partial charge in [0.05, 0.1) is 0 Å². The van der Waals surface area contributed by atoms with E-state index in [1.54, 1.807) is 17.6 Å². The molecule has 3 aliphatic rings. The third kappa shape index (κ3) is 5.36. The van der Waals surface area contributed by atoms with Gasteiger partial charge in [-0.1, -0.05) is 18.2 Å². The number of likely N-dealkylation sites (tertiary alicyclic amines) is 1. The van der Waals surface area contributed by atoms with E-state index in [0.29, 0.717) is 25.9 Å². The highest BCUT2D eigenvalue weighted by molar-refractivity contribution is 7.91. The maximum absolute atomic E-state index is 13.3. The molecule has 2 amide bonds. The molecule has 9 nitrogen and oxygen atoms in total. The van der Waals surface area contributed by atoms with Crippen LogP contribution in [-0.2, 0) is 24.3 Å². The van der Waals surface area contributed by atoms with E-state index in [2.05, 4.69) is 0 Å². The minimum Gasteiger partial charge on any atom is -0.381 e. The molecule has 3 saturated heterocycles. The summed E-state index contributed by atoms with van der Waals surface area (Å²) in [6, 6.07) is 0. The number of allylic oxidation sites excluding steroid dienone is 3. The molecule has 0 atom stereocenters. The van der Waals surface area contributed by atoms with Gasteiger partial charge in [-0.05, 0) is 38.0 Å². The number of carbonyl (C=O) groups is 2. The van der Waals surface area contributed by atoms with Crippen molar-refractivity contribution in [3.05, 3.63) is 24.3 Å². The molecule has 0 unspecified atom stereocenters. The van der Waals surface area contributed by atoms with E-state index in [0.717, 1.165) is 25.9 Å². The van der Waals surface area contributed by atoms with Gasteiger partial charge in [0.1, 0.15) is 0 Å². The Labute approximate surface area is 184 Å². The zero-order chi connectivity index (χ0) is 22.3. The number of hydrogen-bond donors (Lipinski definition) is 2. The van der Waals surface area contributed by atoms with Crippen molar-refractivity contribution in [2.75, 3.05) is 39.4 Å². The van der Waals surface area contributed by atoms with Crippen molar-refractivity contribution in [2.45, 2.75) is 49.7 Å². The van der Waals surface area contributed by atoms with Gasteiger partial charge in [-0.15, -0.1) is 0 Å². The molecule has 31 heavy (non-hydrogen) atoms. The average molecular weight is 456 g/mol. The molecule has 10 heteroatoms. The lowest BCUT2D eigenvalue weighted by atomic mass is 9.97. The Balaban J connectivity index is 1.54. The van der Waals surface area contributed by atoms with Gasteiger partial charge < -0.3 is 9.64 Å². The number of hydroxylamine groups is 1. The fourth-order valence-corrected chi connectivity index (χ4v) is 6.69. The summed E-state index contributed by atoms with van der Waals surface area (Å²) >= 11 is 0. The van der Waals surface area contributed by atoms with E-state index in [1.165, 1.54) is 10.7 Å². The summed E-state index contributed by atoms with van der Waals surface area (Å²) in [6.07, 6.45) is 11.8. The van der Waals surface area contributed by atoms with Crippen LogP contribution in [-0.4, -0.2) is 78.8 Å². The van der Waals surface area contributed by atoms with Crippen LogP contribution in [0.15, 0.2) is 24.3 Å². The Hall–Kier alpha value is -1.75. The molecule has 3 rings (SSSR count). The van der Waals surface area contributed by atoms with E-state index >= 15 is 0 Å². The molecule has 0 aromatic rings. The second-order valence-electron chi connectivity index (χ2n) is 8.42. The van der Waals surface area contributed by atoms with Crippen molar-refractivity contribution >= 4 is 21.8 Å². The zero-order valence-electron chi connectivity index (χ0n) is 17.9. The smallest absolute Gasteiger partial charge is 0.266 e. The Morgan fingerprint density at radius 1 is 1.00 bits per heavy atom. The number of amides is 2. The Bertz CT molecular complexity index is 790. The van der Waals surface area contributed by atoms with Crippen LogP contribution in [0.1, 0.15) is 44.9 Å². The Morgan fingerprint density at radius 2 is 1.65 bits per heavy atom. The van der Waals surface area contributed by atoms with Crippen LogP contribution < -0.4 is 5.48 Å². The molecule has 0 radical (unpaired) electrons. The number of rotatable bonds is 6. The fourth-order valence-electron chi connectivity index (χ4n) is 4.54. The first-order chi connectivity index (χ1) is 14.9. The van der Waals surface area contributed by atoms with Crippen LogP contribution in [0.5, 0.6) is 0 Å². The molecular weight excluding hydrogens is 422 g/mol. The third-order valence-corrected chi connectivity index (χ3v) is 9.18. The molecule has 0 saturated carbocycles. The van der Waals surface area contributed by atoms with Crippen molar-refractivity contribution in [2.24, 2.45) is 5.92 Å². The van der Waals surface area contributed by atoms with Gasteiger partial charge in [-0.25, -0.2) is 18.2 Å². The lowest BCUT2D eigenvalue weighted by Crippen LogP contribution is -2.60. The standard InChI is InChI=1S/C21H33N3O6S/c25-19(23-12-4-1-5-13-23)7-3-2-6-18-8-14-24(15-9-18)31(28,29)21(20(26)22-27)10-16-30-17-11-21/h2-3,6-7,18,27H,1,4-5,8-17H2,(H,22,26)/b6-2+,7-3+. The summed E-state index contributed by atoms with van der Waals surface area (Å²) in [4.78, 5) is 26.3. The van der Waals surface area contributed by atoms with Crippen LogP contribution in [0.3, 0.4) is 0 Å².